The highest BCUT2D eigenvalue weighted by atomic mass is 16.2. The summed E-state index contributed by atoms with van der Waals surface area (Å²) in [6, 6.07) is 0.219. The van der Waals surface area contributed by atoms with Crippen molar-refractivity contribution in [1.82, 2.24) is 10.6 Å². The fourth-order valence-electron chi connectivity index (χ4n) is 1.68. The zero-order chi connectivity index (χ0) is 12.0. The number of carbonyl (C=O) groups is 1. The fourth-order valence-corrected chi connectivity index (χ4v) is 1.68. The SMILES string of the molecule is CCC(C)NC(=O)C(C)NCCCC1CC1. The van der Waals surface area contributed by atoms with Gasteiger partial charge in [0.1, 0.15) is 0 Å². The molecule has 94 valence electrons. The second-order valence-corrected chi connectivity index (χ2v) is 5.08. The van der Waals surface area contributed by atoms with Crippen LogP contribution in [0.5, 0.6) is 0 Å². The summed E-state index contributed by atoms with van der Waals surface area (Å²) in [5.41, 5.74) is 0. The Hall–Kier alpha value is -0.570. The van der Waals surface area contributed by atoms with E-state index in [1.165, 1.54) is 25.7 Å². The van der Waals surface area contributed by atoms with E-state index in [4.69, 9.17) is 0 Å². The average molecular weight is 226 g/mol. The molecule has 0 aromatic heterocycles. The molecule has 1 saturated carbocycles. The van der Waals surface area contributed by atoms with E-state index >= 15 is 0 Å². The van der Waals surface area contributed by atoms with Crippen LogP contribution < -0.4 is 10.6 Å². The summed E-state index contributed by atoms with van der Waals surface area (Å²) in [5.74, 6) is 1.12. The Bertz CT molecular complexity index is 214. The monoisotopic (exact) mass is 226 g/mol. The zero-order valence-electron chi connectivity index (χ0n) is 10.9. The van der Waals surface area contributed by atoms with E-state index in [2.05, 4.69) is 17.6 Å². The van der Waals surface area contributed by atoms with Gasteiger partial charge in [0.15, 0.2) is 0 Å². The van der Waals surface area contributed by atoms with Gasteiger partial charge in [-0.2, -0.15) is 0 Å². The van der Waals surface area contributed by atoms with E-state index in [9.17, 15) is 4.79 Å². The van der Waals surface area contributed by atoms with Crippen LogP contribution in [-0.4, -0.2) is 24.5 Å². The van der Waals surface area contributed by atoms with E-state index < -0.39 is 0 Å². The molecule has 1 aliphatic carbocycles. The van der Waals surface area contributed by atoms with Crippen molar-refractivity contribution in [3.8, 4) is 0 Å². The van der Waals surface area contributed by atoms with Crippen LogP contribution in [-0.2, 0) is 4.79 Å². The number of hydrogen-bond acceptors (Lipinski definition) is 2. The van der Waals surface area contributed by atoms with Crippen molar-refractivity contribution in [3.63, 3.8) is 0 Å². The Morgan fingerprint density at radius 1 is 1.38 bits per heavy atom. The second kappa shape index (κ2) is 6.89. The van der Waals surface area contributed by atoms with Crippen LogP contribution >= 0.6 is 0 Å². The first kappa shape index (κ1) is 13.5. The van der Waals surface area contributed by atoms with Crippen LogP contribution in [0.2, 0.25) is 0 Å². The molecule has 1 aliphatic rings. The molecule has 0 bridgehead atoms. The molecule has 0 radical (unpaired) electrons. The minimum Gasteiger partial charge on any atom is -0.352 e. The van der Waals surface area contributed by atoms with Crippen molar-refractivity contribution in [3.05, 3.63) is 0 Å². The normalized spacial score (nSPS) is 19.2. The van der Waals surface area contributed by atoms with Gasteiger partial charge in [-0.15, -0.1) is 0 Å². The van der Waals surface area contributed by atoms with Crippen molar-refractivity contribution < 1.29 is 4.79 Å². The van der Waals surface area contributed by atoms with Crippen LogP contribution in [0.1, 0.15) is 52.9 Å². The maximum Gasteiger partial charge on any atom is 0.237 e. The highest BCUT2D eigenvalue weighted by Gasteiger charge is 2.20. The molecule has 0 heterocycles. The molecule has 16 heavy (non-hydrogen) atoms. The molecule has 0 aliphatic heterocycles. The van der Waals surface area contributed by atoms with Gasteiger partial charge in [-0.3, -0.25) is 4.79 Å². The molecule has 1 amide bonds. The average Bonchev–Trinajstić information content (AvgIpc) is 3.07. The Morgan fingerprint density at radius 2 is 2.06 bits per heavy atom. The Labute approximate surface area is 99.4 Å². The van der Waals surface area contributed by atoms with Crippen LogP contribution in [0.4, 0.5) is 0 Å². The number of hydrogen-bond donors (Lipinski definition) is 2. The van der Waals surface area contributed by atoms with E-state index in [0.29, 0.717) is 0 Å². The molecule has 3 nitrogen and oxygen atoms in total. The summed E-state index contributed by atoms with van der Waals surface area (Å²) in [5, 5.41) is 6.27. The standard InChI is InChI=1S/C13H26N2O/c1-4-10(2)15-13(16)11(3)14-9-5-6-12-7-8-12/h10-12,14H,4-9H2,1-3H3,(H,15,16). The molecular formula is C13H26N2O. The summed E-state index contributed by atoms with van der Waals surface area (Å²) in [4.78, 5) is 11.7. The predicted molar refractivity (Wildman–Crippen MR) is 67.3 cm³/mol. The van der Waals surface area contributed by atoms with Crippen molar-refractivity contribution in [2.75, 3.05) is 6.54 Å². The lowest BCUT2D eigenvalue weighted by Gasteiger charge is -2.17. The van der Waals surface area contributed by atoms with Crippen molar-refractivity contribution in [1.29, 1.82) is 0 Å². The summed E-state index contributed by atoms with van der Waals surface area (Å²) < 4.78 is 0. The van der Waals surface area contributed by atoms with Crippen molar-refractivity contribution in [2.24, 2.45) is 5.92 Å². The third-order valence-corrected chi connectivity index (χ3v) is 3.33. The minimum absolute atomic E-state index is 0.0618. The summed E-state index contributed by atoms with van der Waals surface area (Å²) in [6.07, 6.45) is 6.35. The molecule has 3 heteroatoms. The molecule has 0 spiro atoms. The lowest BCUT2D eigenvalue weighted by Crippen LogP contribution is -2.45. The van der Waals surface area contributed by atoms with Gasteiger partial charge < -0.3 is 10.6 Å². The van der Waals surface area contributed by atoms with Crippen LogP contribution in [0.15, 0.2) is 0 Å². The maximum atomic E-state index is 11.7. The fraction of sp³-hybridized carbons (Fsp3) is 0.923. The molecule has 1 fully saturated rings. The first-order chi connectivity index (χ1) is 7.63. The molecular weight excluding hydrogens is 200 g/mol. The van der Waals surface area contributed by atoms with Gasteiger partial charge in [-0.05, 0) is 45.6 Å². The van der Waals surface area contributed by atoms with Crippen LogP contribution in [0.3, 0.4) is 0 Å². The Balaban J connectivity index is 2.02. The van der Waals surface area contributed by atoms with E-state index in [1.54, 1.807) is 0 Å². The van der Waals surface area contributed by atoms with Gasteiger partial charge in [0.2, 0.25) is 5.91 Å². The molecule has 0 saturated heterocycles. The number of rotatable bonds is 8. The number of nitrogens with one attached hydrogen (secondary N) is 2. The summed E-state index contributed by atoms with van der Waals surface area (Å²) in [6.45, 7) is 7.02. The Morgan fingerprint density at radius 3 is 2.62 bits per heavy atom. The number of carbonyl (C=O) groups excluding carboxylic acids is 1. The quantitative estimate of drug-likeness (QED) is 0.622. The lowest BCUT2D eigenvalue weighted by molar-refractivity contribution is -0.123. The maximum absolute atomic E-state index is 11.7. The van der Waals surface area contributed by atoms with Crippen molar-refractivity contribution >= 4 is 5.91 Å². The third kappa shape index (κ3) is 5.50. The zero-order valence-corrected chi connectivity index (χ0v) is 10.9. The molecule has 1 rings (SSSR count). The van der Waals surface area contributed by atoms with E-state index in [1.807, 2.05) is 13.8 Å². The number of amides is 1. The topological polar surface area (TPSA) is 41.1 Å². The van der Waals surface area contributed by atoms with Gasteiger partial charge in [-0.1, -0.05) is 19.8 Å². The van der Waals surface area contributed by atoms with Gasteiger partial charge >= 0.3 is 0 Å². The molecule has 2 unspecified atom stereocenters. The van der Waals surface area contributed by atoms with E-state index in [0.717, 1.165) is 18.9 Å². The van der Waals surface area contributed by atoms with Crippen molar-refractivity contribution in [2.45, 2.75) is 65.0 Å². The lowest BCUT2D eigenvalue weighted by atomic mass is 10.2. The summed E-state index contributed by atoms with van der Waals surface area (Å²) in [7, 11) is 0. The first-order valence-corrected chi connectivity index (χ1v) is 6.67. The smallest absolute Gasteiger partial charge is 0.237 e. The van der Waals surface area contributed by atoms with E-state index in [-0.39, 0.29) is 18.0 Å². The molecule has 0 aromatic carbocycles. The molecule has 2 N–H and O–H groups in total. The van der Waals surface area contributed by atoms with Crippen LogP contribution in [0.25, 0.3) is 0 Å². The van der Waals surface area contributed by atoms with Gasteiger partial charge in [-0.25, -0.2) is 0 Å². The summed E-state index contributed by atoms with van der Waals surface area (Å²) >= 11 is 0. The Kier molecular flexibility index (Phi) is 5.81. The largest absolute Gasteiger partial charge is 0.352 e. The predicted octanol–water partition coefficient (Wildman–Crippen LogP) is 2.07. The van der Waals surface area contributed by atoms with Gasteiger partial charge in [0, 0.05) is 6.04 Å². The van der Waals surface area contributed by atoms with Gasteiger partial charge in [0.25, 0.3) is 0 Å². The van der Waals surface area contributed by atoms with Gasteiger partial charge in [0.05, 0.1) is 6.04 Å². The second-order valence-electron chi connectivity index (χ2n) is 5.08. The molecule has 0 aromatic rings. The molecule has 2 atom stereocenters. The first-order valence-electron chi connectivity index (χ1n) is 6.67. The van der Waals surface area contributed by atoms with Crippen LogP contribution in [0, 0.1) is 5.92 Å². The highest BCUT2D eigenvalue weighted by Crippen LogP contribution is 2.33. The minimum atomic E-state index is -0.0618. The third-order valence-electron chi connectivity index (χ3n) is 3.33. The highest BCUT2D eigenvalue weighted by molar-refractivity contribution is 5.81.